The molecule has 1 aliphatic heterocycles. The first-order valence-corrected chi connectivity index (χ1v) is 9.83. The van der Waals surface area contributed by atoms with Gasteiger partial charge in [0, 0.05) is 37.6 Å². The van der Waals surface area contributed by atoms with Crippen LogP contribution in [0.25, 0.3) is 0 Å². The van der Waals surface area contributed by atoms with E-state index in [1.165, 1.54) is 4.31 Å². The third kappa shape index (κ3) is 4.79. The van der Waals surface area contributed by atoms with Gasteiger partial charge in [-0.3, -0.25) is 4.79 Å². The van der Waals surface area contributed by atoms with Crippen LogP contribution in [0, 0.1) is 5.92 Å². The average Bonchev–Trinajstić information content (AvgIpc) is 2.92. The average molecular weight is 318 g/mol. The SMILES string of the molecule is O=C(CC1C=CCC1)NCCS(=O)(=O)N1CCSCC1. The van der Waals surface area contributed by atoms with Crippen molar-refractivity contribution in [3.05, 3.63) is 12.2 Å². The minimum atomic E-state index is -3.21. The Morgan fingerprint density at radius 2 is 2.10 bits per heavy atom. The number of thioether (sulfide) groups is 1. The van der Waals surface area contributed by atoms with Gasteiger partial charge in [0.25, 0.3) is 0 Å². The maximum Gasteiger partial charge on any atom is 0.220 e. The van der Waals surface area contributed by atoms with Gasteiger partial charge in [0.15, 0.2) is 0 Å². The molecule has 2 rings (SSSR count). The fourth-order valence-electron chi connectivity index (χ4n) is 2.45. The Morgan fingerprint density at radius 3 is 2.75 bits per heavy atom. The Labute approximate surface area is 125 Å². The van der Waals surface area contributed by atoms with E-state index in [-0.39, 0.29) is 18.2 Å². The van der Waals surface area contributed by atoms with Gasteiger partial charge in [0.05, 0.1) is 5.75 Å². The molecule has 7 heteroatoms. The summed E-state index contributed by atoms with van der Waals surface area (Å²) >= 11 is 1.78. The molecule has 1 unspecified atom stereocenters. The number of carbonyl (C=O) groups is 1. The molecule has 1 heterocycles. The maximum absolute atomic E-state index is 12.1. The number of sulfonamides is 1. The molecule has 0 bridgehead atoms. The zero-order valence-electron chi connectivity index (χ0n) is 11.6. The second kappa shape index (κ2) is 7.47. The van der Waals surface area contributed by atoms with E-state index in [1.54, 1.807) is 11.8 Å². The summed E-state index contributed by atoms with van der Waals surface area (Å²) in [4.78, 5) is 11.7. The molecule has 1 fully saturated rings. The number of allylic oxidation sites excluding steroid dienone is 2. The van der Waals surface area contributed by atoms with Gasteiger partial charge in [-0.25, -0.2) is 12.7 Å². The molecule has 1 amide bonds. The Morgan fingerprint density at radius 1 is 1.35 bits per heavy atom. The van der Waals surface area contributed by atoms with Crippen LogP contribution in [-0.2, 0) is 14.8 Å². The summed E-state index contributed by atoms with van der Waals surface area (Å²) in [5, 5.41) is 2.72. The first kappa shape index (κ1) is 15.9. The normalized spacial score (nSPS) is 23.9. The van der Waals surface area contributed by atoms with Crippen LogP contribution >= 0.6 is 11.8 Å². The number of nitrogens with zero attached hydrogens (tertiary/aromatic N) is 1. The predicted octanol–water partition coefficient (Wildman–Crippen LogP) is 0.838. The van der Waals surface area contributed by atoms with Crippen molar-refractivity contribution in [1.29, 1.82) is 0 Å². The molecule has 1 atom stereocenters. The minimum absolute atomic E-state index is 0.00388. The molecule has 0 aromatic rings. The second-order valence-electron chi connectivity index (χ2n) is 5.15. The van der Waals surface area contributed by atoms with Crippen LogP contribution in [0.1, 0.15) is 19.3 Å². The van der Waals surface area contributed by atoms with E-state index in [0.29, 0.717) is 25.4 Å². The monoisotopic (exact) mass is 318 g/mol. The lowest BCUT2D eigenvalue weighted by molar-refractivity contribution is -0.121. The Bertz CT molecular complexity index is 456. The van der Waals surface area contributed by atoms with Crippen molar-refractivity contribution in [3.8, 4) is 0 Å². The van der Waals surface area contributed by atoms with Crippen molar-refractivity contribution in [1.82, 2.24) is 9.62 Å². The highest BCUT2D eigenvalue weighted by Gasteiger charge is 2.24. The summed E-state index contributed by atoms with van der Waals surface area (Å²) in [5.74, 6) is 2.00. The third-order valence-electron chi connectivity index (χ3n) is 3.61. The number of nitrogens with one attached hydrogen (secondary N) is 1. The molecule has 20 heavy (non-hydrogen) atoms. The summed E-state index contributed by atoms with van der Waals surface area (Å²) in [6.45, 7) is 1.39. The summed E-state index contributed by atoms with van der Waals surface area (Å²) < 4.78 is 25.7. The molecule has 0 spiro atoms. The fourth-order valence-corrected chi connectivity index (χ4v) is 4.94. The maximum atomic E-state index is 12.1. The number of carbonyl (C=O) groups excluding carboxylic acids is 1. The zero-order valence-corrected chi connectivity index (χ0v) is 13.2. The van der Waals surface area contributed by atoms with E-state index in [1.807, 2.05) is 0 Å². The Kier molecular flexibility index (Phi) is 5.92. The van der Waals surface area contributed by atoms with E-state index in [9.17, 15) is 13.2 Å². The van der Waals surface area contributed by atoms with Crippen molar-refractivity contribution >= 4 is 27.7 Å². The molecule has 1 N–H and O–H groups in total. The number of hydrogen-bond acceptors (Lipinski definition) is 4. The number of rotatable bonds is 6. The zero-order chi connectivity index (χ0) is 14.4. The molecule has 0 saturated carbocycles. The van der Waals surface area contributed by atoms with Gasteiger partial charge in [-0.1, -0.05) is 12.2 Å². The van der Waals surface area contributed by atoms with Gasteiger partial charge >= 0.3 is 0 Å². The molecule has 0 aromatic carbocycles. The smallest absolute Gasteiger partial charge is 0.220 e. The summed E-state index contributed by atoms with van der Waals surface area (Å²) in [7, 11) is -3.21. The van der Waals surface area contributed by atoms with Crippen molar-refractivity contribution in [3.63, 3.8) is 0 Å². The molecular formula is C13H22N2O3S2. The quantitative estimate of drug-likeness (QED) is 0.737. The summed E-state index contributed by atoms with van der Waals surface area (Å²) in [6, 6.07) is 0. The van der Waals surface area contributed by atoms with Crippen molar-refractivity contribution in [2.24, 2.45) is 5.92 Å². The molecule has 2 aliphatic rings. The molecule has 0 radical (unpaired) electrons. The molecule has 5 nitrogen and oxygen atoms in total. The van der Waals surface area contributed by atoms with E-state index in [4.69, 9.17) is 0 Å². The lowest BCUT2D eigenvalue weighted by atomic mass is 10.1. The van der Waals surface area contributed by atoms with Gasteiger partial charge in [-0.05, 0) is 18.8 Å². The van der Waals surface area contributed by atoms with E-state index in [2.05, 4.69) is 17.5 Å². The van der Waals surface area contributed by atoms with Crippen LogP contribution in [0.2, 0.25) is 0 Å². The topological polar surface area (TPSA) is 66.5 Å². The van der Waals surface area contributed by atoms with Crippen LogP contribution in [0.3, 0.4) is 0 Å². The van der Waals surface area contributed by atoms with Gasteiger partial charge in [-0.15, -0.1) is 0 Å². The minimum Gasteiger partial charge on any atom is -0.355 e. The highest BCUT2D eigenvalue weighted by molar-refractivity contribution is 7.99. The Hall–Kier alpha value is -0.530. The van der Waals surface area contributed by atoms with E-state index >= 15 is 0 Å². The first-order chi connectivity index (χ1) is 9.58. The lowest BCUT2D eigenvalue weighted by Gasteiger charge is -2.25. The van der Waals surface area contributed by atoms with Gasteiger partial charge in [-0.2, -0.15) is 11.8 Å². The van der Waals surface area contributed by atoms with Crippen LogP contribution in [0.4, 0.5) is 0 Å². The van der Waals surface area contributed by atoms with E-state index in [0.717, 1.165) is 24.3 Å². The van der Waals surface area contributed by atoms with Crippen molar-refractivity contribution < 1.29 is 13.2 Å². The Balaban J connectivity index is 1.68. The van der Waals surface area contributed by atoms with Gasteiger partial charge < -0.3 is 5.32 Å². The first-order valence-electron chi connectivity index (χ1n) is 7.07. The van der Waals surface area contributed by atoms with Crippen LogP contribution in [0.15, 0.2) is 12.2 Å². The molecule has 114 valence electrons. The number of amides is 1. The van der Waals surface area contributed by atoms with Gasteiger partial charge in [0.2, 0.25) is 15.9 Å². The van der Waals surface area contributed by atoms with Crippen LogP contribution in [-0.4, -0.2) is 55.5 Å². The molecular weight excluding hydrogens is 296 g/mol. The summed E-state index contributed by atoms with van der Waals surface area (Å²) in [6.07, 6.45) is 6.70. The predicted molar refractivity (Wildman–Crippen MR) is 82.2 cm³/mol. The van der Waals surface area contributed by atoms with Crippen molar-refractivity contribution in [2.75, 3.05) is 36.9 Å². The summed E-state index contributed by atoms with van der Waals surface area (Å²) in [5.41, 5.74) is 0. The molecule has 1 saturated heterocycles. The molecule has 0 aromatic heterocycles. The van der Waals surface area contributed by atoms with Crippen LogP contribution < -0.4 is 5.32 Å². The lowest BCUT2D eigenvalue weighted by Crippen LogP contribution is -2.42. The van der Waals surface area contributed by atoms with Crippen LogP contribution in [0.5, 0.6) is 0 Å². The van der Waals surface area contributed by atoms with Gasteiger partial charge in [0.1, 0.15) is 0 Å². The highest BCUT2D eigenvalue weighted by Crippen LogP contribution is 2.20. The standard InChI is InChI=1S/C13H22N2O3S2/c16-13(11-12-3-1-2-4-12)14-5-10-20(17,18)15-6-8-19-9-7-15/h1,3,12H,2,4-11H2,(H,14,16). The van der Waals surface area contributed by atoms with E-state index < -0.39 is 10.0 Å². The third-order valence-corrected chi connectivity index (χ3v) is 6.42. The second-order valence-corrected chi connectivity index (χ2v) is 8.46. The molecule has 1 aliphatic carbocycles. The fraction of sp³-hybridized carbons (Fsp3) is 0.769. The number of hydrogen-bond donors (Lipinski definition) is 1. The highest BCUT2D eigenvalue weighted by atomic mass is 32.2. The largest absolute Gasteiger partial charge is 0.355 e. The van der Waals surface area contributed by atoms with Crippen molar-refractivity contribution in [2.45, 2.75) is 19.3 Å².